The summed E-state index contributed by atoms with van der Waals surface area (Å²) in [6, 6.07) is 12.7. The minimum absolute atomic E-state index is 0.000689. The van der Waals surface area contributed by atoms with Crippen LogP contribution in [0.3, 0.4) is 0 Å². The van der Waals surface area contributed by atoms with Crippen LogP contribution in [0.2, 0.25) is 0 Å². The van der Waals surface area contributed by atoms with Crippen LogP contribution in [-0.4, -0.2) is 26.5 Å². The second-order valence-electron chi connectivity index (χ2n) is 4.85. The Morgan fingerprint density at radius 1 is 1.23 bits per heavy atom. The molecule has 0 amide bonds. The van der Waals surface area contributed by atoms with Crippen LogP contribution in [0.5, 0.6) is 0 Å². The number of aromatic nitrogens is 4. The Bertz CT molecular complexity index is 805. The summed E-state index contributed by atoms with van der Waals surface area (Å²) in [5, 5.41) is 17.4. The average molecular weight is 327 g/mol. The van der Waals surface area contributed by atoms with Crippen molar-refractivity contribution < 1.29 is 0 Å². The maximum atomic E-state index is 4.12. The number of thiophene rings is 1. The molecule has 1 aliphatic heterocycles. The maximum absolute atomic E-state index is 4.12. The first-order chi connectivity index (χ1) is 10.8. The number of nitrogens with one attached hydrogen (secondary N) is 1. The summed E-state index contributed by atoms with van der Waals surface area (Å²) >= 11 is 3.43. The Balaban J connectivity index is 1.78. The SMILES string of the molecule is CSc1ccc([C@H]2C=C(c3cccs3)Nc3nnnn32)cc1. The predicted molar refractivity (Wildman–Crippen MR) is 90.1 cm³/mol. The third kappa shape index (κ3) is 2.32. The summed E-state index contributed by atoms with van der Waals surface area (Å²) < 4.78 is 1.81. The molecule has 110 valence electrons. The molecule has 0 bridgehead atoms. The molecule has 0 spiro atoms. The summed E-state index contributed by atoms with van der Waals surface area (Å²) in [6.07, 6.45) is 4.25. The number of hydrogen-bond acceptors (Lipinski definition) is 6. The first-order valence-electron chi connectivity index (χ1n) is 6.80. The van der Waals surface area contributed by atoms with Crippen LogP contribution in [0.1, 0.15) is 16.5 Å². The van der Waals surface area contributed by atoms with E-state index >= 15 is 0 Å². The molecule has 3 aromatic rings. The fraction of sp³-hybridized carbons (Fsp3) is 0.133. The van der Waals surface area contributed by atoms with Gasteiger partial charge in [-0.3, -0.25) is 0 Å². The lowest BCUT2D eigenvalue weighted by molar-refractivity contribution is 0.585. The van der Waals surface area contributed by atoms with Gasteiger partial charge in [-0.25, -0.2) is 0 Å². The van der Waals surface area contributed by atoms with Crippen molar-refractivity contribution >= 4 is 34.7 Å². The first kappa shape index (κ1) is 13.5. The third-order valence-electron chi connectivity index (χ3n) is 3.57. The molecule has 0 aliphatic carbocycles. The van der Waals surface area contributed by atoms with Crippen molar-refractivity contribution in [2.75, 3.05) is 11.6 Å². The lowest BCUT2D eigenvalue weighted by Crippen LogP contribution is -2.19. The van der Waals surface area contributed by atoms with Crippen molar-refractivity contribution in [1.29, 1.82) is 0 Å². The molecule has 1 atom stereocenters. The number of anilines is 1. The predicted octanol–water partition coefficient (Wildman–Crippen LogP) is 3.51. The molecule has 0 saturated heterocycles. The van der Waals surface area contributed by atoms with Gasteiger partial charge >= 0.3 is 0 Å². The van der Waals surface area contributed by atoms with Crippen LogP contribution >= 0.6 is 23.1 Å². The Morgan fingerprint density at radius 2 is 2.09 bits per heavy atom. The molecular formula is C15H13N5S2. The number of nitrogens with zero attached hydrogens (tertiary/aromatic N) is 4. The van der Waals surface area contributed by atoms with E-state index in [1.165, 1.54) is 15.3 Å². The summed E-state index contributed by atoms with van der Waals surface area (Å²) in [5.74, 6) is 0.671. The van der Waals surface area contributed by atoms with E-state index in [4.69, 9.17) is 0 Å². The molecule has 1 aliphatic rings. The van der Waals surface area contributed by atoms with E-state index in [9.17, 15) is 0 Å². The lowest BCUT2D eigenvalue weighted by atomic mass is 10.0. The highest BCUT2D eigenvalue weighted by molar-refractivity contribution is 7.98. The minimum Gasteiger partial charge on any atom is -0.322 e. The summed E-state index contributed by atoms with van der Waals surface area (Å²) in [6.45, 7) is 0. The van der Waals surface area contributed by atoms with Gasteiger partial charge in [0, 0.05) is 4.90 Å². The smallest absolute Gasteiger partial charge is 0.248 e. The highest BCUT2D eigenvalue weighted by Crippen LogP contribution is 2.33. The van der Waals surface area contributed by atoms with Crippen molar-refractivity contribution in [2.45, 2.75) is 10.9 Å². The number of tetrazole rings is 1. The molecule has 1 aromatic carbocycles. The fourth-order valence-electron chi connectivity index (χ4n) is 2.47. The summed E-state index contributed by atoms with van der Waals surface area (Å²) in [7, 11) is 0. The van der Waals surface area contributed by atoms with Gasteiger partial charge in [0.25, 0.3) is 0 Å². The van der Waals surface area contributed by atoms with Crippen molar-refractivity contribution in [3.63, 3.8) is 0 Å². The van der Waals surface area contributed by atoms with Gasteiger partial charge in [-0.05, 0) is 51.9 Å². The van der Waals surface area contributed by atoms with E-state index in [1.54, 1.807) is 23.1 Å². The zero-order valence-electron chi connectivity index (χ0n) is 11.8. The monoisotopic (exact) mass is 327 g/mol. The number of rotatable bonds is 3. The van der Waals surface area contributed by atoms with E-state index in [1.807, 2.05) is 10.7 Å². The molecule has 0 fully saturated rings. The molecular weight excluding hydrogens is 314 g/mol. The molecule has 0 radical (unpaired) electrons. The van der Waals surface area contributed by atoms with E-state index in [2.05, 4.69) is 68.9 Å². The van der Waals surface area contributed by atoms with Gasteiger partial charge in [0.05, 0.1) is 10.6 Å². The molecule has 4 rings (SSSR count). The Kier molecular flexibility index (Phi) is 3.44. The molecule has 22 heavy (non-hydrogen) atoms. The van der Waals surface area contributed by atoms with Gasteiger partial charge < -0.3 is 5.32 Å². The average Bonchev–Trinajstić information content (AvgIpc) is 3.25. The van der Waals surface area contributed by atoms with Gasteiger partial charge in [-0.15, -0.1) is 23.1 Å². The molecule has 3 heterocycles. The molecule has 0 unspecified atom stereocenters. The molecule has 1 N–H and O–H groups in total. The zero-order chi connectivity index (χ0) is 14.9. The van der Waals surface area contributed by atoms with Crippen LogP contribution in [0.25, 0.3) is 5.70 Å². The number of allylic oxidation sites excluding steroid dienone is 1. The largest absolute Gasteiger partial charge is 0.322 e. The van der Waals surface area contributed by atoms with Crippen LogP contribution in [0.15, 0.2) is 52.7 Å². The summed E-state index contributed by atoms with van der Waals surface area (Å²) in [5.41, 5.74) is 2.22. The van der Waals surface area contributed by atoms with Gasteiger partial charge in [0.15, 0.2) is 0 Å². The van der Waals surface area contributed by atoms with Crippen molar-refractivity contribution in [2.24, 2.45) is 0 Å². The van der Waals surface area contributed by atoms with Gasteiger partial charge in [-0.2, -0.15) is 4.68 Å². The lowest BCUT2D eigenvalue weighted by Gasteiger charge is -2.22. The fourth-order valence-corrected chi connectivity index (χ4v) is 3.58. The van der Waals surface area contributed by atoms with E-state index < -0.39 is 0 Å². The Morgan fingerprint density at radius 3 is 2.82 bits per heavy atom. The van der Waals surface area contributed by atoms with Crippen LogP contribution < -0.4 is 5.32 Å². The highest BCUT2D eigenvalue weighted by atomic mass is 32.2. The quantitative estimate of drug-likeness (QED) is 0.746. The van der Waals surface area contributed by atoms with Gasteiger partial charge in [-0.1, -0.05) is 23.3 Å². The second kappa shape index (κ2) is 5.58. The Labute approximate surface area is 136 Å². The number of hydrogen-bond donors (Lipinski definition) is 1. The number of fused-ring (bicyclic) bond motifs is 1. The standard InChI is InChI=1S/C15H13N5S2/c1-21-11-6-4-10(5-7-11)13-9-12(14-3-2-8-22-14)16-15-17-18-19-20(13)15/h2-9,13H,1H3,(H,16,17,19)/t13-/m1/s1. The number of benzene rings is 1. The first-order valence-corrected chi connectivity index (χ1v) is 8.90. The van der Waals surface area contributed by atoms with Gasteiger partial charge in [0.1, 0.15) is 6.04 Å². The molecule has 2 aromatic heterocycles. The number of thioether (sulfide) groups is 1. The molecule has 5 nitrogen and oxygen atoms in total. The zero-order valence-corrected chi connectivity index (χ0v) is 13.4. The third-order valence-corrected chi connectivity index (χ3v) is 5.22. The summed E-state index contributed by atoms with van der Waals surface area (Å²) in [4.78, 5) is 2.43. The highest BCUT2D eigenvalue weighted by Gasteiger charge is 2.24. The van der Waals surface area contributed by atoms with Crippen LogP contribution in [0.4, 0.5) is 5.95 Å². The van der Waals surface area contributed by atoms with E-state index in [0.717, 1.165) is 5.70 Å². The van der Waals surface area contributed by atoms with Crippen LogP contribution in [0, 0.1) is 0 Å². The normalized spacial score (nSPS) is 16.8. The van der Waals surface area contributed by atoms with Crippen molar-refractivity contribution in [1.82, 2.24) is 20.2 Å². The van der Waals surface area contributed by atoms with E-state index in [-0.39, 0.29) is 6.04 Å². The van der Waals surface area contributed by atoms with Crippen molar-refractivity contribution in [3.8, 4) is 0 Å². The molecule has 0 saturated carbocycles. The minimum atomic E-state index is -0.000689. The van der Waals surface area contributed by atoms with Crippen molar-refractivity contribution in [3.05, 3.63) is 58.3 Å². The van der Waals surface area contributed by atoms with E-state index in [0.29, 0.717) is 5.95 Å². The maximum Gasteiger partial charge on any atom is 0.248 e. The van der Waals surface area contributed by atoms with Crippen LogP contribution in [-0.2, 0) is 0 Å². The second-order valence-corrected chi connectivity index (χ2v) is 6.68. The Hall–Kier alpha value is -2.12. The van der Waals surface area contributed by atoms with Gasteiger partial charge in [0.2, 0.25) is 5.95 Å². The topological polar surface area (TPSA) is 55.6 Å². The molecule has 7 heteroatoms.